The van der Waals surface area contributed by atoms with E-state index >= 15 is 0 Å². The van der Waals surface area contributed by atoms with E-state index in [1.54, 1.807) is 0 Å². The standard InChI is InChI=1S/C48H32N2S2.C46H30N2S2/c1-4-13-33(14-5-1)34-23-25-37(26-24-34)49(39-27-29-41-40-19-10-11-21-44(40)52-47(41)32-39)38-28-30-45-42(31-38)48-43(20-12-22-46(48)51-45)50(35-15-6-2-7-16-35)36-17-8-3-9-18-36;1-4-15-31(16-5-1)47(32-17-6-2-7-18-32)41-30-39-45-40(24-14-26-44(45)50-46(39)37-23-11-10-21-35(37)41)48(33-19-8-3-9-20-33)34-27-28-43-38(29-34)36-22-12-13-25-42(36)49-43/h1-32H;1-30H. The van der Waals surface area contributed by atoms with E-state index in [4.69, 9.17) is 0 Å². The highest BCUT2D eigenvalue weighted by Crippen LogP contribution is 2.53. The van der Waals surface area contributed by atoms with Crippen molar-refractivity contribution in [1.29, 1.82) is 0 Å². The first kappa shape index (κ1) is 61.0. The van der Waals surface area contributed by atoms with Gasteiger partial charge in [0.15, 0.2) is 0 Å². The molecular weight excluding hydrogens is 1310 g/mol. The number of rotatable bonds is 13. The molecule has 0 unspecified atom stereocenters. The van der Waals surface area contributed by atoms with Gasteiger partial charge < -0.3 is 19.6 Å². The molecule has 20 aromatic rings. The SMILES string of the molecule is c1ccc(-c2ccc(N(c3ccc4c(c3)sc3ccccc34)c3ccc4sc5cccc(N(c6ccccc6)c6ccccc6)c5c4c3)cc2)cc1.c1ccc(N(c2ccccc2)c2cc3c(sc4cccc(N(c5ccccc5)c5ccc6sc7ccccc7c6c5)c43)c3ccccc23)cc1. The zero-order valence-corrected chi connectivity index (χ0v) is 58.5. The van der Waals surface area contributed by atoms with Crippen LogP contribution in [0, 0.1) is 0 Å². The number of thiophene rings is 4. The van der Waals surface area contributed by atoms with Crippen LogP contribution in [0.1, 0.15) is 0 Å². The van der Waals surface area contributed by atoms with Crippen LogP contribution in [0.15, 0.2) is 376 Å². The Labute approximate surface area is 607 Å². The van der Waals surface area contributed by atoms with Crippen LogP contribution in [0.5, 0.6) is 0 Å². The average Bonchev–Trinajstić information content (AvgIpc) is 1.51. The summed E-state index contributed by atoms with van der Waals surface area (Å²) in [5, 5.41) is 12.7. The van der Waals surface area contributed by atoms with Crippen LogP contribution in [0.2, 0.25) is 0 Å². The van der Waals surface area contributed by atoms with Crippen molar-refractivity contribution in [2.75, 3.05) is 19.6 Å². The monoisotopic (exact) mass is 1370 g/mol. The number of anilines is 12. The van der Waals surface area contributed by atoms with Crippen molar-refractivity contribution in [3.8, 4) is 11.1 Å². The molecule has 4 aromatic heterocycles. The first-order chi connectivity index (χ1) is 50.6. The Kier molecular flexibility index (Phi) is 15.7. The van der Waals surface area contributed by atoms with Crippen LogP contribution in [0.4, 0.5) is 68.2 Å². The van der Waals surface area contributed by atoms with E-state index < -0.39 is 0 Å². The highest BCUT2D eigenvalue weighted by molar-refractivity contribution is 7.27. The smallest absolute Gasteiger partial charge is 0.0554 e. The molecule has 102 heavy (non-hydrogen) atoms. The molecule has 0 saturated heterocycles. The maximum atomic E-state index is 2.45. The summed E-state index contributed by atoms with van der Waals surface area (Å²) in [5.74, 6) is 0. The third-order valence-electron chi connectivity index (χ3n) is 19.4. The fourth-order valence-corrected chi connectivity index (χ4v) is 19.4. The molecule has 0 bridgehead atoms. The largest absolute Gasteiger partial charge is 0.310 e. The lowest BCUT2D eigenvalue weighted by molar-refractivity contribution is 1.29. The summed E-state index contributed by atoms with van der Waals surface area (Å²) in [6.07, 6.45) is 0. The van der Waals surface area contributed by atoms with Crippen LogP contribution in [-0.4, -0.2) is 0 Å². The van der Waals surface area contributed by atoms with Gasteiger partial charge in [-0.25, -0.2) is 0 Å². The van der Waals surface area contributed by atoms with Gasteiger partial charge in [-0.3, -0.25) is 0 Å². The van der Waals surface area contributed by atoms with E-state index in [-0.39, 0.29) is 0 Å². The minimum atomic E-state index is 1.12. The molecule has 0 aliphatic carbocycles. The first-order valence-corrected chi connectivity index (χ1v) is 37.6. The summed E-state index contributed by atoms with van der Waals surface area (Å²) in [7, 11) is 0. The van der Waals surface area contributed by atoms with Gasteiger partial charge in [-0.2, -0.15) is 0 Å². The normalized spacial score (nSPS) is 11.5. The number of nitrogens with zero attached hydrogens (tertiary/aromatic N) is 4. The van der Waals surface area contributed by atoms with Gasteiger partial charge in [-0.05, 0) is 175 Å². The van der Waals surface area contributed by atoms with E-state index in [0.717, 1.165) is 56.9 Å². The van der Waals surface area contributed by atoms with Gasteiger partial charge in [0.1, 0.15) is 0 Å². The molecule has 0 radical (unpaired) electrons. The zero-order valence-electron chi connectivity index (χ0n) is 55.2. The van der Waals surface area contributed by atoms with Gasteiger partial charge in [-0.15, -0.1) is 45.3 Å². The zero-order chi connectivity index (χ0) is 67.5. The number of benzene rings is 16. The van der Waals surface area contributed by atoms with Gasteiger partial charge in [0.2, 0.25) is 0 Å². The summed E-state index contributed by atoms with van der Waals surface area (Å²) >= 11 is 7.46. The molecule has 0 saturated carbocycles. The molecule has 0 spiro atoms. The molecule has 4 heterocycles. The van der Waals surface area contributed by atoms with E-state index in [1.165, 1.54) is 114 Å². The van der Waals surface area contributed by atoms with Crippen LogP contribution in [0.25, 0.3) is 103 Å². The summed E-state index contributed by atoms with van der Waals surface area (Å²) in [6, 6.07) is 136. The van der Waals surface area contributed by atoms with E-state index in [2.05, 4.69) is 396 Å². The molecule has 482 valence electrons. The van der Waals surface area contributed by atoms with Crippen molar-refractivity contribution in [2.45, 2.75) is 0 Å². The Balaban J connectivity index is 0.000000141. The summed E-state index contributed by atoms with van der Waals surface area (Å²) in [5.41, 5.74) is 16.1. The average molecular weight is 1380 g/mol. The molecular formula is C94H62N4S4. The maximum absolute atomic E-state index is 2.45. The second-order valence-electron chi connectivity index (χ2n) is 25.5. The fourth-order valence-electron chi connectivity index (χ4n) is 14.9. The van der Waals surface area contributed by atoms with E-state index in [9.17, 15) is 0 Å². The van der Waals surface area contributed by atoms with Crippen LogP contribution >= 0.6 is 45.3 Å². The predicted octanol–water partition coefficient (Wildman–Crippen LogP) is 29.5. The van der Waals surface area contributed by atoms with Gasteiger partial charge >= 0.3 is 0 Å². The quantitative estimate of drug-likeness (QED) is 0.114. The van der Waals surface area contributed by atoms with E-state index in [0.29, 0.717) is 0 Å². The van der Waals surface area contributed by atoms with Crippen molar-refractivity contribution in [3.05, 3.63) is 376 Å². The van der Waals surface area contributed by atoms with Crippen molar-refractivity contribution in [2.24, 2.45) is 0 Å². The predicted molar refractivity (Wildman–Crippen MR) is 446 cm³/mol. The lowest BCUT2D eigenvalue weighted by Gasteiger charge is -2.28. The van der Waals surface area contributed by atoms with Gasteiger partial charge in [0.05, 0.1) is 17.1 Å². The second-order valence-corrected chi connectivity index (χ2v) is 29.8. The van der Waals surface area contributed by atoms with Gasteiger partial charge in [-0.1, -0.05) is 212 Å². The fraction of sp³-hybridized carbons (Fsp3) is 0. The second kappa shape index (κ2) is 26.2. The highest BCUT2D eigenvalue weighted by Gasteiger charge is 2.26. The molecule has 0 aliphatic rings. The van der Waals surface area contributed by atoms with Crippen molar-refractivity contribution in [1.82, 2.24) is 0 Å². The Hall–Kier alpha value is -12.1. The number of para-hydroxylation sites is 5. The summed E-state index contributed by atoms with van der Waals surface area (Å²) in [6.45, 7) is 0. The number of hydrogen-bond donors (Lipinski definition) is 0. The molecule has 16 aromatic carbocycles. The lowest BCUT2D eigenvalue weighted by Crippen LogP contribution is -2.11. The number of fused-ring (bicyclic) bond motifs is 14. The molecule has 20 rings (SSSR count). The highest BCUT2D eigenvalue weighted by atomic mass is 32.1. The molecule has 0 atom stereocenters. The van der Waals surface area contributed by atoms with Gasteiger partial charge in [0, 0.05) is 143 Å². The van der Waals surface area contributed by atoms with Crippen molar-refractivity contribution >= 4 is 205 Å². The number of hydrogen-bond acceptors (Lipinski definition) is 8. The summed E-state index contributed by atoms with van der Waals surface area (Å²) in [4.78, 5) is 9.65. The minimum Gasteiger partial charge on any atom is -0.310 e. The first-order valence-electron chi connectivity index (χ1n) is 34.4. The minimum absolute atomic E-state index is 1.12. The Morgan fingerprint density at radius 1 is 0.157 bits per heavy atom. The lowest BCUT2D eigenvalue weighted by atomic mass is 10.0. The van der Waals surface area contributed by atoms with Crippen LogP contribution in [-0.2, 0) is 0 Å². The van der Waals surface area contributed by atoms with E-state index in [1.807, 2.05) is 45.3 Å². The maximum Gasteiger partial charge on any atom is 0.0554 e. The van der Waals surface area contributed by atoms with Crippen LogP contribution < -0.4 is 19.6 Å². The Bertz CT molecular complexity index is 6370. The van der Waals surface area contributed by atoms with Gasteiger partial charge in [0.25, 0.3) is 0 Å². The molecule has 4 nitrogen and oxygen atoms in total. The topological polar surface area (TPSA) is 13.0 Å². The molecule has 8 heteroatoms. The Morgan fingerprint density at radius 2 is 0.500 bits per heavy atom. The molecule has 0 amide bonds. The summed E-state index contributed by atoms with van der Waals surface area (Å²) < 4.78 is 10.3. The van der Waals surface area contributed by atoms with Crippen molar-refractivity contribution in [3.63, 3.8) is 0 Å². The van der Waals surface area contributed by atoms with Crippen molar-refractivity contribution < 1.29 is 0 Å². The molecule has 0 fully saturated rings. The Morgan fingerprint density at radius 3 is 1.07 bits per heavy atom. The molecule has 0 aliphatic heterocycles. The third kappa shape index (κ3) is 11.0. The van der Waals surface area contributed by atoms with Crippen LogP contribution in [0.3, 0.4) is 0 Å². The third-order valence-corrected chi connectivity index (χ3v) is 24.1. The molecule has 0 N–H and O–H groups in total.